The van der Waals surface area contributed by atoms with Crippen molar-refractivity contribution >= 4 is 11.1 Å². The average Bonchev–Trinajstić information content (AvgIpc) is 2.32. The van der Waals surface area contributed by atoms with Crippen LogP contribution in [0.25, 0.3) is 11.1 Å². The summed E-state index contributed by atoms with van der Waals surface area (Å²) in [4.78, 5) is 0.299. The molecule has 1 atom stereocenters. The molecule has 2 aromatic carbocycles. The third-order valence-corrected chi connectivity index (χ3v) is 3.25. The maximum atomic E-state index is 11.2. The average molecular weight is 248 g/mol. The SMILES string of the molecule is Cc1ccc(O)c(-c2ccccc2S(=O)O)c1. The Balaban J connectivity index is 2.68. The first kappa shape index (κ1) is 11.8. The van der Waals surface area contributed by atoms with E-state index in [4.69, 9.17) is 0 Å². The number of benzene rings is 2. The standard InChI is InChI=1S/C13H12O3S/c1-9-6-7-12(14)11(8-9)10-4-2-3-5-13(10)17(15)16/h2-8,14H,1H3,(H,15,16). The van der Waals surface area contributed by atoms with Gasteiger partial charge in [0.25, 0.3) is 0 Å². The van der Waals surface area contributed by atoms with Crippen LogP contribution in [0.2, 0.25) is 0 Å². The van der Waals surface area contributed by atoms with Crippen LogP contribution in [-0.2, 0) is 11.1 Å². The van der Waals surface area contributed by atoms with Crippen molar-refractivity contribution in [2.45, 2.75) is 11.8 Å². The van der Waals surface area contributed by atoms with Gasteiger partial charge in [-0.25, -0.2) is 4.21 Å². The molecule has 0 aliphatic carbocycles. The molecule has 0 amide bonds. The van der Waals surface area contributed by atoms with Gasteiger partial charge in [0.2, 0.25) is 0 Å². The highest BCUT2D eigenvalue weighted by Crippen LogP contribution is 2.33. The molecule has 0 aliphatic heterocycles. The van der Waals surface area contributed by atoms with Crippen LogP contribution in [0, 0.1) is 6.92 Å². The van der Waals surface area contributed by atoms with E-state index in [2.05, 4.69) is 0 Å². The summed E-state index contributed by atoms with van der Waals surface area (Å²) in [7, 11) is 0. The summed E-state index contributed by atoms with van der Waals surface area (Å²) in [5, 5.41) is 9.81. The first-order valence-electron chi connectivity index (χ1n) is 5.09. The van der Waals surface area contributed by atoms with Crippen LogP contribution >= 0.6 is 0 Å². The van der Waals surface area contributed by atoms with E-state index in [1.54, 1.807) is 42.5 Å². The number of phenolic OH excluding ortho intramolecular Hbond substituents is 1. The lowest BCUT2D eigenvalue weighted by molar-refractivity contribution is 0.477. The topological polar surface area (TPSA) is 57.5 Å². The number of aryl methyl sites for hydroxylation is 1. The minimum Gasteiger partial charge on any atom is -0.507 e. The molecular formula is C13H12O3S. The molecule has 0 radical (unpaired) electrons. The molecular weight excluding hydrogens is 236 g/mol. The van der Waals surface area contributed by atoms with Crippen molar-refractivity contribution in [1.82, 2.24) is 0 Å². The van der Waals surface area contributed by atoms with Crippen molar-refractivity contribution in [2.24, 2.45) is 0 Å². The number of phenols is 1. The van der Waals surface area contributed by atoms with Crippen LogP contribution in [0.15, 0.2) is 47.4 Å². The van der Waals surface area contributed by atoms with Crippen molar-refractivity contribution in [1.29, 1.82) is 0 Å². The highest BCUT2D eigenvalue weighted by molar-refractivity contribution is 7.79. The Morgan fingerprint density at radius 1 is 1.06 bits per heavy atom. The van der Waals surface area contributed by atoms with Gasteiger partial charge in [0.1, 0.15) is 5.75 Å². The van der Waals surface area contributed by atoms with Crippen LogP contribution < -0.4 is 0 Å². The van der Waals surface area contributed by atoms with E-state index < -0.39 is 11.1 Å². The van der Waals surface area contributed by atoms with Crippen LogP contribution in [0.3, 0.4) is 0 Å². The van der Waals surface area contributed by atoms with E-state index in [1.807, 2.05) is 6.92 Å². The maximum Gasteiger partial charge on any atom is 0.187 e. The molecule has 2 rings (SSSR count). The quantitative estimate of drug-likeness (QED) is 0.803. The van der Waals surface area contributed by atoms with Crippen molar-refractivity contribution in [3.63, 3.8) is 0 Å². The molecule has 4 heteroatoms. The summed E-state index contributed by atoms with van der Waals surface area (Å²) in [6.45, 7) is 1.90. The molecule has 0 saturated heterocycles. The summed E-state index contributed by atoms with van der Waals surface area (Å²) >= 11 is -2.07. The van der Waals surface area contributed by atoms with Crippen molar-refractivity contribution in [2.75, 3.05) is 0 Å². The normalized spacial score (nSPS) is 12.4. The second kappa shape index (κ2) is 4.69. The molecule has 88 valence electrons. The van der Waals surface area contributed by atoms with Gasteiger partial charge in [-0.1, -0.05) is 29.8 Å². The zero-order valence-electron chi connectivity index (χ0n) is 9.25. The molecule has 0 fully saturated rings. The molecule has 17 heavy (non-hydrogen) atoms. The molecule has 0 aromatic heterocycles. The van der Waals surface area contributed by atoms with Crippen molar-refractivity contribution in [3.8, 4) is 16.9 Å². The first-order chi connectivity index (χ1) is 8.09. The van der Waals surface area contributed by atoms with Crippen molar-refractivity contribution < 1.29 is 13.9 Å². The largest absolute Gasteiger partial charge is 0.507 e. The fourth-order valence-corrected chi connectivity index (χ4v) is 2.27. The lowest BCUT2D eigenvalue weighted by atomic mass is 10.0. The molecule has 1 unspecified atom stereocenters. The van der Waals surface area contributed by atoms with E-state index in [0.717, 1.165) is 5.56 Å². The minimum absolute atomic E-state index is 0.105. The summed E-state index contributed by atoms with van der Waals surface area (Å²) in [6, 6.07) is 11.9. The van der Waals surface area contributed by atoms with E-state index in [1.165, 1.54) is 0 Å². The minimum atomic E-state index is -2.07. The Bertz CT molecular complexity index is 579. The van der Waals surface area contributed by atoms with Gasteiger partial charge in [0, 0.05) is 11.1 Å². The predicted molar refractivity (Wildman–Crippen MR) is 67.3 cm³/mol. The number of hydrogen-bond acceptors (Lipinski definition) is 2. The monoisotopic (exact) mass is 248 g/mol. The lowest BCUT2D eigenvalue weighted by Crippen LogP contribution is -1.93. The predicted octanol–water partition coefficient (Wildman–Crippen LogP) is 2.95. The third kappa shape index (κ3) is 2.38. The summed E-state index contributed by atoms with van der Waals surface area (Å²) in [5.41, 5.74) is 2.13. The van der Waals surface area contributed by atoms with Crippen LogP contribution in [0.4, 0.5) is 0 Å². The molecule has 0 aliphatic rings. The molecule has 0 spiro atoms. The lowest BCUT2D eigenvalue weighted by Gasteiger charge is -2.09. The fraction of sp³-hybridized carbons (Fsp3) is 0.0769. The molecule has 0 saturated carbocycles. The number of hydrogen-bond donors (Lipinski definition) is 2. The Kier molecular flexibility index (Phi) is 3.26. The number of rotatable bonds is 2. The fourth-order valence-electron chi connectivity index (χ4n) is 1.71. The molecule has 0 heterocycles. The van der Waals surface area contributed by atoms with Gasteiger partial charge in [-0.3, -0.25) is 0 Å². The Morgan fingerprint density at radius 2 is 1.76 bits per heavy atom. The van der Waals surface area contributed by atoms with Gasteiger partial charge in [-0.15, -0.1) is 0 Å². The third-order valence-electron chi connectivity index (χ3n) is 2.52. The summed E-state index contributed by atoms with van der Waals surface area (Å²) < 4.78 is 20.4. The Labute approximate surface area is 102 Å². The van der Waals surface area contributed by atoms with Gasteiger partial charge in [0.15, 0.2) is 11.1 Å². The highest BCUT2D eigenvalue weighted by atomic mass is 32.2. The van der Waals surface area contributed by atoms with E-state index in [0.29, 0.717) is 16.0 Å². The Hall–Kier alpha value is -1.65. The van der Waals surface area contributed by atoms with E-state index >= 15 is 0 Å². The molecule has 3 nitrogen and oxygen atoms in total. The van der Waals surface area contributed by atoms with Crippen LogP contribution in [0.5, 0.6) is 5.75 Å². The van der Waals surface area contributed by atoms with Gasteiger partial charge in [-0.05, 0) is 25.1 Å². The van der Waals surface area contributed by atoms with Gasteiger partial charge in [0.05, 0.1) is 4.90 Å². The zero-order valence-corrected chi connectivity index (χ0v) is 10.1. The van der Waals surface area contributed by atoms with Crippen LogP contribution in [-0.4, -0.2) is 13.9 Å². The number of aromatic hydroxyl groups is 1. The first-order valence-corrected chi connectivity index (χ1v) is 6.20. The summed E-state index contributed by atoms with van der Waals surface area (Å²) in [5.74, 6) is 0.105. The maximum absolute atomic E-state index is 11.2. The zero-order chi connectivity index (χ0) is 12.4. The second-order valence-corrected chi connectivity index (χ2v) is 4.70. The van der Waals surface area contributed by atoms with E-state index in [9.17, 15) is 13.9 Å². The second-order valence-electron chi connectivity index (χ2n) is 3.77. The smallest absolute Gasteiger partial charge is 0.187 e. The Morgan fingerprint density at radius 3 is 2.47 bits per heavy atom. The van der Waals surface area contributed by atoms with Gasteiger partial charge >= 0.3 is 0 Å². The van der Waals surface area contributed by atoms with Crippen molar-refractivity contribution in [3.05, 3.63) is 48.0 Å². The highest BCUT2D eigenvalue weighted by Gasteiger charge is 2.12. The molecule has 2 aromatic rings. The van der Waals surface area contributed by atoms with E-state index in [-0.39, 0.29) is 5.75 Å². The van der Waals surface area contributed by atoms with Crippen LogP contribution in [0.1, 0.15) is 5.56 Å². The molecule has 2 N–H and O–H groups in total. The summed E-state index contributed by atoms with van der Waals surface area (Å²) in [6.07, 6.45) is 0. The van der Waals surface area contributed by atoms with Gasteiger partial charge in [-0.2, -0.15) is 0 Å². The van der Waals surface area contributed by atoms with Gasteiger partial charge < -0.3 is 9.66 Å². The molecule has 0 bridgehead atoms.